The van der Waals surface area contributed by atoms with Crippen molar-refractivity contribution >= 4 is 40.7 Å². The number of halogens is 3. The summed E-state index contributed by atoms with van der Waals surface area (Å²) in [6, 6.07) is 4.13. The van der Waals surface area contributed by atoms with E-state index in [0.29, 0.717) is 5.92 Å². The molecule has 80 valence electrons. The lowest BCUT2D eigenvalue weighted by Crippen LogP contribution is -2.13. The van der Waals surface area contributed by atoms with Crippen LogP contribution in [-0.2, 0) is 0 Å². The van der Waals surface area contributed by atoms with Gasteiger partial charge in [-0.2, -0.15) is 0 Å². The summed E-state index contributed by atoms with van der Waals surface area (Å²) in [5.41, 5.74) is 6.99. The van der Waals surface area contributed by atoms with Crippen molar-refractivity contribution in [3.8, 4) is 0 Å². The highest BCUT2D eigenvalue weighted by Crippen LogP contribution is 2.38. The van der Waals surface area contributed by atoms with Crippen LogP contribution in [0.5, 0.6) is 0 Å². The van der Waals surface area contributed by atoms with Gasteiger partial charge in [0, 0.05) is 16.7 Å². The summed E-state index contributed by atoms with van der Waals surface area (Å²) >= 11 is 3.34. The van der Waals surface area contributed by atoms with Crippen molar-refractivity contribution in [2.24, 2.45) is 11.7 Å². The zero-order valence-corrected chi connectivity index (χ0v) is 10.7. The van der Waals surface area contributed by atoms with E-state index in [1.54, 1.807) is 6.20 Å². The highest BCUT2D eigenvalue weighted by atomic mass is 79.9. The zero-order chi connectivity index (χ0) is 8.55. The third-order valence-electron chi connectivity index (χ3n) is 2.22. The van der Waals surface area contributed by atoms with E-state index in [0.717, 1.165) is 10.2 Å². The summed E-state index contributed by atoms with van der Waals surface area (Å²) in [5.74, 6) is 0.679. The van der Waals surface area contributed by atoms with Gasteiger partial charge < -0.3 is 5.73 Å². The first-order valence-electron chi connectivity index (χ1n) is 4.14. The number of hydrogen-bond donors (Lipinski definition) is 1. The molecule has 1 aliphatic rings. The minimum Gasteiger partial charge on any atom is -0.322 e. The minimum atomic E-state index is 0. The van der Waals surface area contributed by atoms with Crippen LogP contribution in [0.15, 0.2) is 22.8 Å². The monoisotopic (exact) mass is 298 g/mol. The molecule has 0 spiro atoms. The molecule has 0 aliphatic heterocycles. The van der Waals surface area contributed by atoms with Gasteiger partial charge in [0.25, 0.3) is 0 Å². The quantitative estimate of drug-likeness (QED) is 0.911. The normalized spacial score (nSPS) is 16.4. The number of hydrogen-bond acceptors (Lipinski definition) is 2. The summed E-state index contributed by atoms with van der Waals surface area (Å²) in [4.78, 5) is 4.27. The van der Waals surface area contributed by atoms with Crippen LogP contribution in [0, 0.1) is 5.92 Å². The molecule has 2 rings (SSSR count). The van der Waals surface area contributed by atoms with Gasteiger partial charge >= 0.3 is 0 Å². The molecular weight excluding hydrogens is 287 g/mol. The van der Waals surface area contributed by atoms with Gasteiger partial charge in [0.2, 0.25) is 0 Å². The molecule has 1 aromatic rings. The lowest BCUT2D eigenvalue weighted by Gasteiger charge is -2.08. The molecule has 1 aromatic heterocycles. The summed E-state index contributed by atoms with van der Waals surface area (Å²) in [6.07, 6.45) is 4.33. The van der Waals surface area contributed by atoms with Crippen LogP contribution in [0.1, 0.15) is 24.6 Å². The Kier molecular flexibility index (Phi) is 5.98. The zero-order valence-electron chi connectivity index (χ0n) is 7.52. The molecule has 0 aromatic carbocycles. The van der Waals surface area contributed by atoms with E-state index in [1.807, 2.05) is 12.1 Å². The first-order valence-corrected chi connectivity index (χ1v) is 4.93. The van der Waals surface area contributed by atoms with Gasteiger partial charge in [-0.1, -0.05) is 0 Å². The Morgan fingerprint density at radius 1 is 1.36 bits per heavy atom. The third-order valence-corrected chi connectivity index (χ3v) is 2.69. The van der Waals surface area contributed by atoms with Crippen LogP contribution in [0.3, 0.4) is 0 Å². The average molecular weight is 300 g/mol. The van der Waals surface area contributed by atoms with E-state index in [1.165, 1.54) is 12.8 Å². The second kappa shape index (κ2) is 5.91. The predicted octanol–water partition coefficient (Wildman–Crippen LogP) is 3.10. The van der Waals surface area contributed by atoms with Crippen molar-refractivity contribution in [3.05, 3.63) is 28.5 Å². The number of rotatable bonds is 2. The van der Waals surface area contributed by atoms with E-state index in [4.69, 9.17) is 5.73 Å². The van der Waals surface area contributed by atoms with Gasteiger partial charge in [0.1, 0.15) is 0 Å². The third kappa shape index (κ3) is 3.39. The van der Waals surface area contributed by atoms with Crippen molar-refractivity contribution in [1.29, 1.82) is 0 Å². The maximum atomic E-state index is 5.97. The van der Waals surface area contributed by atoms with Crippen LogP contribution >= 0.6 is 40.7 Å². The lowest BCUT2D eigenvalue weighted by molar-refractivity contribution is 0.614. The van der Waals surface area contributed by atoms with Crippen LogP contribution in [0.4, 0.5) is 0 Å². The highest BCUT2D eigenvalue weighted by molar-refractivity contribution is 9.10. The van der Waals surface area contributed by atoms with Gasteiger partial charge in [0.05, 0.1) is 5.69 Å². The SMILES string of the molecule is Cl.Cl.N[C@@H](c1ccc(Br)cn1)C1CC1. The molecular formula is C9H13BrCl2N2. The summed E-state index contributed by atoms with van der Waals surface area (Å²) in [5, 5.41) is 0. The van der Waals surface area contributed by atoms with Crippen LogP contribution in [0.25, 0.3) is 0 Å². The number of nitrogens with two attached hydrogens (primary N) is 1. The molecule has 2 nitrogen and oxygen atoms in total. The Morgan fingerprint density at radius 3 is 2.43 bits per heavy atom. The molecule has 0 radical (unpaired) electrons. The van der Waals surface area contributed by atoms with Gasteiger partial charge in [0.15, 0.2) is 0 Å². The second-order valence-corrected chi connectivity index (χ2v) is 4.18. The largest absolute Gasteiger partial charge is 0.322 e. The molecule has 0 saturated heterocycles. The molecule has 14 heavy (non-hydrogen) atoms. The number of nitrogens with zero attached hydrogens (tertiary/aromatic N) is 1. The summed E-state index contributed by atoms with van der Waals surface area (Å²) in [7, 11) is 0. The van der Waals surface area contributed by atoms with Crippen molar-refractivity contribution in [2.75, 3.05) is 0 Å². The molecule has 1 saturated carbocycles. The van der Waals surface area contributed by atoms with Gasteiger partial charge in [-0.05, 0) is 46.8 Å². The van der Waals surface area contributed by atoms with Crippen LogP contribution in [-0.4, -0.2) is 4.98 Å². The van der Waals surface area contributed by atoms with E-state index >= 15 is 0 Å². The van der Waals surface area contributed by atoms with E-state index < -0.39 is 0 Å². The fraction of sp³-hybridized carbons (Fsp3) is 0.444. The second-order valence-electron chi connectivity index (χ2n) is 3.26. The maximum absolute atomic E-state index is 5.97. The Morgan fingerprint density at radius 2 is 2.00 bits per heavy atom. The first kappa shape index (κ1) is 14.2. The average Bonchev–Trinajstić information content (AvgIpc) is 2.87. The van der Waals surface area contributed by atoms with Crippen molar-refractivity contribution in [3.63, 3.8) is 0 Å². The predicted molar refractivity (Wildman–Crippen MR) is 66.1 cm³/mol. The number of pyridine rings is 1. The van der Waals surface area contributed by atoms with Crippen molar-refractivity contribution < 1.29 is 0 Å². The van der Waals surface area contributed by atoms with Gasteiger partial charge in [-0.15, -0.1) is 24.8 Å². The number of aromatic nitrogens is 1. The van der Waals surface area contributed by atoms with Crippen molar-refractivity contribution in [1.82, 2.24) is 4.98 Å². The van der Waals surface area contributed by atoms with Crippen molar-refractivity contribution in [2.45, 2.75) is 18.9 Å². The molecule has 2 N–H and O–H groups in total. The van der Waals surface area contributed by atoms with E-state index in [2.05, 4.69) is 20.9 Å². The fourth-order valence-corrected chi connectivity index (χ4v) is 1.52. The molecule has 1 aliphatic carbocycles. The highest BCUT2D eigenvalue weighted by Gasteiger charge is 2.30. The van der Waals surface area contributed by atoms with E-state index in [-0.39, 0.29) is 30.9 Å². The Balaban J connectivity index is 0.000000845. The minimum absolute atomic E-state index is 0. The Hall–Kier alpha value is 0.170. The molecule has 1 atom stereocenters. The molecule has 0 bridgehead atoms. The van der Waals surface area contributed by atoms with Gasteiger partial charge in [-0.3, -0.25) is 4.98 Å². The van der Waals surface area contributed by atoms with E-state index in [9.17, 15) is 0 Å². The smallest absolute Gasteiger partial charge is 0.0574 e. The lowest BCUT2D eigenvalue weighted by atomic mass is 10.1. The molecule has 0 unspecified atom stereocenters. The molecule has 5 heteroatoms. The first-order chi connectivity index (χ1) is 5.77. The molecule has 1 heterocycles. The maximum Gasteiger partial charge on any atom is 0.0574 e. The molecule has 0 amide bonds. The standard InChI is InChI=1S/C9H11BrN2.2ClH/c10-7-3-4-8(12-5-7)9(11)6-1-2-6;;/h3-6,9H,1-2,11H2;2*1H/t9-;;/m1../s1. The van der Waals surface area contributed by atoms with Crippen LogP contribution < -0.4 is 5.73 Å². The Bertz CT molecular complexity index is 275. The topological polar surface area (TPSA) is 38.9 Å². The summed E-state index contributed by atoms with van der Waals surface area (Å²) < 4.78 is 1.01. The van der Waals surface area contributed by atoms with Crippen LogP contribution in [0.2, 0.25) is 0 Å². The van der Waals surface area contributed by atoms with Gasteiger partial charge in [-0.25, -0.2) is 0 Å². The fourth-order valence-electron chi connectivity index (χ4n) is 1.28. The molecule has 1 fully saturated rings. The summed E-state index contributed by atoms with van der Waals surface area (Å²) in [6.45, 7) is 0. The Labute approximate surface area is 105 Å².